The van der Waals surface area contributed by atoms with Crippen molar-refractivity contribution in [3.8, 4) is 28.3 Å². The van der Waals surface area contributed by atoms with Gasteiger partial charge in [0.2, 0.25) is 11.7 Å². The van der Waals surface area contributed by atoms with Crippen LogP contribution in [-0.4, -0.2) is 36.0 Å². The summed E-state index contributed by atoms with van der Waals surface area (Å²) in [5.41, 5.74) is 8.88. The summed E-state index contributed by atoms with van der Waals surface area (Å²) in [5, 5.41) is 8.13. The van der Waals surface area contributed by atoms with Crippen molar-refractivity contribution in [2.45, 2.75) is 32.2 Å². The molecule has 3 heterocycles. The number of hydrogen-bond donors (Lipinski definition) is 1. The molecule has 0 unspecified atom stereocenters. The number of pyridine rings is 1. The highest BCUT2D eigenvalue weighted by atomic mass is 19.1. The molecule has 1 saturated carbocycles. The van der Waals surface area contributed by atoms with Crippen LogP contribution in [0.4, 0.5) is 4.39 Å². The van der Waals surface area contributed by atoms with Crippen molar-refractivity contribution in [2.24, 2.45) is 5.73 Å². The van der Waals surface area contributed by atoms with E-state index in [4.69, 9.17) is 10.3 Å². The molecule has 3 aromatic heterocycles. The van der Waals surface area contributed by atoms with Crippen LogP contribution in [0.5, 0.6) is 0 Å². The Balaban J connectivity index is 1.38. The average Bonchev–Trinajstić information content (AvgIpc) is 3.47. The zero-order valence-electron chi connectivity index (χ0n) is 18.0. The Morgan fingerprint density at radius 3 is 2.67 bits per heavy atom. The first-order valence-electron chi connectivity index (χ1n) is 10.6. The van der Waals surface area contributed by atoms with Crippen molar-refractivity contribution in [3.05, 3.63) is 76.7 Å². The minimum atomic E-state index is -0.416. The molecule has 4 aromatic rings. The fraction of sp³-hybridized carbons (Fsp3) is 0.261. The van der Waals surface area contributed by atoms with Crippen molar-refractivity contribution in [1.82, 2.24) is 29.5 Å². The number of halogens is 1. The number of rotatable bonds is 7. The Hall–Kier alpha value is -3.92. The predicted molar refractivity (Wildman–Crippen MR) is 119 cm³/mol. The predicted octanol–water partition coefficient (Wildman–Crippen LogP) is 3.14. The summed E-state index contributed by atoms with van der Waals surface area (Å²) in [6.07, 6.45) is 5.70. The van der Waals surface area contributed by atoms with E-state index >= 15 is 0 Å². The van der Waals surface area contributed by atoms with E-state index in [2.05, 4.69) is 20.2 Å². The quantitative estimate of drug-likeness (QED) is 0.462. The molecule has 1 aliphatic rings. The lowest BCUT2D eigenvalue weighted by Crippen LogP contribution is -2.26. The van der Waals surface area contributed by atoms with Crippen LogP contribution in [0.15, 0.2) is 64.1 Å². The van der Waals surface area contributed by atoms with Crippen LogP contribution in [0.2, 0.25) is 0 Å². The van der Waals surface area contributed by atoms with Crippen LogP contribution in [-0.2, 0) is 6.54 Å². The maximum absolute atomic E-state index is 12.8. The highest BCUT2D eigenvalue weighted by molar-refractivity contribution is 5.68. The lowest BCUT2D eigenvalue weighted by molar-refractivity contribution is 0.380. The van der Waals surface area contributed by atoms with Crippen LogP contribution < -0.4 is 11.4 Å². The summed E-state index contributed by atoms with van der Waals surface area (Å²) in [5.74, 6) is 2.18. The fourth-order valence-corrected chi connectivity index (χ4v) is 3.56. The number of hydrogen-bond acceptors (Lipinski definition) is 7. The smallest absolute Gasteiger partial charge is 0.339 e. The van der Waals surface area contributed by atoms with Gasteiger partial charge in [0.05, 0.1) is 12.9 Å². The van der Waals surface area contributed by atoms with Crippen LogP contribution in [0.1, 0.15) is 30.2 Å². The largest absolute Gasteiger partial charge is 0.351 e. The van der Waals surface area contributed by atoms with E-state index in [1.165, 1.54) is 10.9 Å². The molecule has 1 aliphatic carbocycles. The molecule has 0 bridgehead atoms. The summed E-state index contributed by atoms with van der Waals surface area (Å²) in [4.78, 5) is 21.6. The Bertz CT molecular complexity index is 1380. The number of aryl methyl sites for hydroxylation is 1. The molecule has 0 radical (unpaired) electrons. The van der Waals surface area contributed by atoms with Gasteiger partial charge in [-0.3, -0.25) is 0 Å². The van der Waals surface area contributed by atoms with Gasteiger partial charge in [0.1, 0.15) is 12.1 Å². The van der Waals surface area contributed by atoms with Crippen molar-refractivity contribution >= 4 is 0 Å². The Labute approximate surface area is 188 Å². The van der Waals surface area contributed by atoms with Gasteiger partial charge in [-0.15, -0.1) is 0 Å². The number of benzene rings is 1. The Kier molecular flexibility index (Phi) is 5.43. The van der Waals surface area contributed by atoms with E-state index < -0.39 is 5.69 Å². The van der Waals surface area contributed by atoms with E-state index in [1.807, 2.05) is 37.3 Å². The van der Waals surface area contributed by atoms with E-state index in [1.54, 1.807) is 6.20 Å². The zero-order valence-corrected chi connectivity index (χ0v) is 18.0. The second-order valence-electron chi connectivity index (χ2n) is 8.08. The van der Waals surface area contributed by atoms with E-state index in [0.29, 0.717) is 29.8 Å². The highest BCUT2D eigenvalue weighted by Crippen LogP contribution is 2.39. The summed E-state index contributed by atoms with van der Waals surface area (Å²) in [6, 6.07) is 9.79. The van der Waals surface area contributed by atoms with Gasteiger partial charge in [0.15, 0.2) is 0 Å². The van der Waals surface area contributed by atoms with Crippen molar-refractivity contribution in [2.75, 3.05) is 6.54 Å². The highest BCUT2D eigenvalue weighted by Gasteiger charge is 2.29. The molecular formula is C23H22FN7O2. The number of nitrogens with zero attached hydrogens (tertiary/aromatic N) is 6. The molecule has 1 aromatic carbocycles. The molecule has 0 spiro atoms. The van der Waals surface area contributed by atoms with E-state index in [-0.39, 0.29) is 18.7 Å². The molecule has 0 amide bonds. The van der Waals surface area contributed by atoms with Crippen molar-refractivity contribution < 1.29 is 8.91 Å². The van der Waals surface area contributed by atoms with E-state index in [9.17, 15) is 9.18 Å². The first-order chi connectivity index (χ1) is 16.1. The SMILES string of the molecule is Cc1cc(-c2ccc(-c3noc(C4CC4)n3)cc2)cnc1-n1cnn(C/C(=C/F)CN)c1=O. The molecule has 9 nitrogen and oxygen atoms in total. The maximum Gasteiger partial charge on any atom is 0.351 e. The second kappa shape index (κ2) is 8.55. The summed E-state index contributed by atoms with van der Waals surface area (Å²) in [6.45, 7) is 1.87. The summed E-state index contributed by atoms with van der Waals surface area (Å²) < 4.78 is 20.6. The molecule has 0 saturated heterocycles. The molecule has 0 atom stereocenters. The van der Waals surface area contributed by atoms with Gasteiger partial charge in [-0.25, -0.2) is 23.4 Å². The molecule has 10 heteroatoms. The van der Waals surface area contributed by atoms with Crippen molar-refractivity contribution in [3.63, 3.8) is 0 Å². The summed E-state index contributed by atoms with van der Waals surface area (Å²) in [7, 11) is 0. The van der Waals surface area contributed by atoms with Gasteiger partial charge in [0, 0.05) is 29.8 Å². The van der Waals surface area contributed by atoms with Crippen LogP contribution in [0.25, 0.3) is 28.3 Å². The lowest BCUT2D eigenvalue weighted by Gasteiger charge is -2.08. The van der Waals surface area contributed by atoms with Crippen LogP contribution in [0.3, 0.4) is 0 Å². The van der Waals surface area contributed by atoms with E-state index in [0.717, 1.165) is 39.8 Å². The standard InChI is InChI=1S/C23H22FN7O2/c1-14-8-19(11-26-21(14)30-13-27-31(23(30)32)12-15(9-24)10-25)16-2-4-17(5-3-16)20-28-22(33-29-20)18-6-7-18/h2-5,8-9,11,13,18H,6-7,10,12,25H2,1H3/b15-9+. The third kappa shape index (κ3) is 4.12. The lowest BCUT2D eigenvalue weighted by atomic mass is 10.0. The summed E-state index contributed by atoms with van der Waals surface area (Å²) >= 11 is 0. The maximum atomic E-state index is 12.8. The van der Waals surface area contributed by atoms with Gasteiger partial charge in [0.25, 0.3) is 0 Å². The van der Waals surface area contributed by atoms with Crippen molar-refractivity contribution in [1.29, 1.82) is 0 Å². The Morgan fingerprint density at radius 1 is 1.24 bits per heavy atom. The molecule has 168 valence electrons. The van der Waals surface area contributed by atoms with Gasteiger partial charge < -0.3 is 10.3 Å². The molecule has 2 N–H and O–H groups in total. The van der Waals surface area contributed by atoms with Gasteiger partial charge >= 0.3 is 5.69 Å². The topological polar surface area (TPSA) is 118 Å². The molecule has 1 fully saturated rings. The minimum absolute atomic E-state index is 0.00890. The normalized spacial score (nSPS) is 14.1. The molecule has 0 aliphatic heterocycles. The number of nitrogens with two attached hydrogens (primary N) is 1. The fourth-order valence-electron chi connectivity index (χ4n) is 3.56. The third-order valence-corrected chi connectivity index (χ3v) is 5.63. The minimum Gasteiger partial charge on any atom is -0.339 e. The van der Waals surface area contributed by atoms with Gasteiger partial charge in [-0.1, -0.05) is 29.4 Å². The average molecular weight is 447 g/mol. The molecule has 5 rings (SSSR count). The Morgan fingerprint density at radius 2 is 2.00 bits per heavy atom. The first-order valence-corrected chi connectivity index (χ1v) is 10.6. The third-order valence-electron chi connectivity index (χ3n) is 5.63. The van der Waals surface area contributed by atoms with Crippen LogP contribution >= 0.6 is 0 Å². The zero-order chi connectivity index (χ0) is 22.9. The number of aromatic nitrogens is 6. The monoisotopic (exact) mass is 447 g/mol. The van der Waals surface area contributed by atoms with Gasteiger partial charge in [-0.05, 0) is 42.5 Å². The van der Waals surface area contributed by atoms with Crippen LogP contribution in [0, 0.1) is 6.92 Å². The molecule has 33 heavy (non-hydrogen) atoms. The first kappa shape index (κ1) is 21.0. The second-order valence-corrected chi connectivity index (χ2v) is 8.08. The van der Waals surface area contributed by atoms with Gasteiger partial charge in [-0.2, -0.15) is 10.1 Å². The molecular weight excluding hydrogens is 425 g/mol.